The molecule has 0 heterocycles. The maximum atomic E-state index is 11.3. The average Bonchev–Trinajstić information content (AvgIpc) is 2.49. The van der Waals surface area contributed by atoms with E-state index in [2.05, 4.69) is 6.92 Å². The Labute approximate surface area is 134 Å². The Balaban J connectivity index is 4.25. The van der Waals surface area contributed by atoms with Crippen LogP contribution >= 0.6 is 0 Å². The summed E-state index contributed by atoms with van der Waals surface area (Å²) < 4.78 is 5.72. The SMILES string of the molecule is CCCCCCCCOC[N+](CCO)(CCO)C(C)C(=O)O. The fourth-order valence-corrected chi connectivity index (χ4v) is 2.60. The monoisotopic (exact) mass is 320 g/mol. The molecule has 0 aromatic heterocycles. The van der Waals surface area contributed by atoms with Crippen LogP contribution in [0.15, 0.2) is 0 Å². The fourth-order valence-electron chi connectivity index (χ4n) is 2.60. The van der Waals surface area contributed by atoms with Crippen LogP contribution in [-0.4, -0.2) is 71.5 Å². The van der Waals surface area contributed by atoms with Gasteiger partial charge in [0.2, 0.25) is 0 Å². The zero-order valence-electron chi connectivity index (χ0n) is 14.2. The minimum Gasteiger partial charge on any atom is -0.477 e. The van der Waals surface area contributed by atoms with Crippen molar-refractivity contribution >= 4 is 5.97 Å². The van der Waals surface area contributed by atoms with Crippen LogP contribution in [0.1, 0.15) is 52.4 Å². The molecule has 0 aromatic carbocycles. The van der Waals surface area contributed by atoms with Gasteiger partial charge in [-0.15, -0.1) is 0 Å². The molecule has 0 aliphatic heterocycles. The van der Waals surface area contributed by atoms with E-state index in [9.17, 15) is 20.1 Å². The van der Waals surface area contributed by atoms with Gasteiger partial charge in [0.25, 0.3) is 0 Å². The third-order valence-electron chi connectivity index (χ3n) is 4.26. The molecule has 0 aromatic rings. The van der Waals surface area contributed by atoms with Crippen LogP contribution in [0.25, 0.3) is 0 Å². The Morgan fingerprint density at radius 2 is 1.59 bits per heavy atom. The molecule has 3 N–H and O–H groups in total. The summed E-state index contributed by atoms with van der Waals surface area (Å²) in [7, 11) is 0. The van der Waals surface area contributed by atoms with E-state index in [1.165, 1.54) is 25.7 Å². The highest BCUT2D eigenvalue weighted by molar-refractivity contribution is 5.71. The summed E-state index contributed by atoms with van der Waals surface area (Å²) in [5, 5.41) is 27.7. The number of carboxylic acids is 1. The molecule has 0 spiro atoms. The number of rotatable bonds is 15. The lowest BCUT2D eigenvalue weighted by Gasteiger charge is -2.40. The maximum Gasteiger partial charge on any atom is 0.362 e. The van der Waals surface area contributed by atoms with Crippen molar-refractivity contribution in [3.8, 4) is 0 Å². The minimum absolute atomic E-state index is 0.0537. The number of ether oxygens (including phenoxy) is 1. The lowest BCUT2D eigenvalue weighted by Crippen LogP contribution is -2.61. The Morgan fingerprint density at radius 3 is 2.09 bits per heavy atom. The van der Waals surface area contributed by atoms with Gasteiger partial charge in [0, 0.05) is 0 Å². The van der Waals surface area contributed by atoms with Crippen molar-refractivity contribution in [3.05, 3.63) is 0 Å². The van der Waals surface area contributed by atoms with Crippen molar-refractivity contribution in [2.24, 2.45) is 0 Å². The molecule has 6 nitrogen and oxygen atoms in total. The third kappa shape index (κ3) is 8.08. The van der Waals surface area contributed by atoms with E-state index in [4.69, 9.17) is 4.74 Å². The molecule has 6 heteroatoms. The summed E-state index contributed by atoms with van der Waals surface area (Å²) in [4.78, 5) is 11.3. The number of hydrogen-bond acceptors (Lipinski definition) is 4. The Hall–Kier alpha value is -0.690. The van der Waals surface area contributed by atoms with Crippen LogP contribution < -0.4 is 0 Å². The van der Waals surface area contributed by atoms with Gasteiger partial charge in [0.15, 0.2) is 12.8 Å². The molecule has 0 rings (SSSR count). The Kier molecular flexibility index (Phi) is 12.4. The molecule has 0 saturated carbocycles. The minimum atomic E-state index is -0.940. The summed E-state index contributed by atoms with van der Waals surface area (Å²) in [5.74, 6) is -0.940. The van der Waals surface area contributed by atoms with Crippen LogP contribution in [0.5, 0.6) is 0 Å². The summed E-state index contributed by atoms with van der Waals surface area (Å²) in [6, 6.07) is -0.719. The first-order valence-corrected chi connectivity index (χ1v) is 8.42. The summed E-state index contributed by atoms with van der Waals surface area (Å²) in [5.41, 5.74) is 0. The first kappa shape index (κ1) is 21.3. The number of aliphatic hydroxyl groups is 2. The van der Waals surface area contributed by atoms with E-state index in [0.717, 1.165) is 12.8 Å². The average molecular weight is 320 g/mol. The number of carbonyl (C=O) groups is 1. The van der Waals surface area contributed by atoms with Gasteiger partial charge in [-0.05, 0) is 13.3 Å². The second-order valence-corrected chi connectivity index (χ2v) is 5.93. The fraction of sp³-hybridized carbons (Fsp3) is 0.938. The van der Waals surface area contributed by atoms with Crippen molar-refractivity contribution in [2.75, 3.05) is 39.6 Å². The topological polar surface area (TPSA) is 87.0 Å². The second kappa shape index (κ2) is 12.8. The highest BCUT2D eigenvalue weighted by Gasteiger charge is 2.38. The molecular weight excluding hydrogens is 286 g/mol. The summed E-state index contributed by atoms with van der Waals surface area (Å²) >= 11 is 0. The van der Waals surface area contributed by atoms with Gasteiger partial charge in [-0.3, -0.25) is 4.48 Å². The molecule has 1 atom stereocenters. The molecule has 22 heavy (non-hydrogen) atoms. The van der Waals surface area contributed by atoms with E-state index in [1.807, 2.05) is 0 Å². The molecule has 0 fully saturated rings. The first-order chi connectivity index (χ1) is 10.5. The quantitative estimate of drug-likeness (QED) is 0.242. The highest BCUT2D eigenvalue weighted by Crippen LogP contribution is 2.15. The molecule has 0 radical (unpaired) electrons. The van der Waals surface area contributed by atoms with Crippen molar-refractivity contribution in [2.45, 2.75) is 58.4 Å². The highest BCUT2D eigenvalue weighted by atomic mass is 16.5. The van der Waals surface area contributed by atoms with Crippen molar-refractivity contribution in [1.29, 1.82) is 0 Å². The van der Waals surface area contributed by atoms with Gasteiger partial charge in [-0.25, -0.2) is 4.79 Å². The van der Waals surface area contributed by atoms with Crippen LogP contribution in [0.2, 0.25) is 0 Å². The molecule has 0 aliphatic carbocycles. The van der Waals surface area contributed by atoms with Crippen LogP contribution in [0.4, 0.5) is 0 Å². The number of aliphatic carboxylic acids is 1. The number of unbranched alkanes of at least 4 members (excludes halogenated alkanes) is 5. The largest absolute Gasteiger partial charge is 0.477 e. The molecule has 0 amide bonds. The normalized spacial score (nSPS) is 13.3. The molecular formula is C16H34NO5+. The predicted octanol–water partition coefficient (Wildman–Crippen LogP) is 1.60. The van der Waals surface area contributed by atoms with E-state index in [1.54, 1.807) is 6.92 Å². The van der Waals surface area contributed by atoms with Crippen LogP contribution in [0.3, 0.4) is 0 Å². The van der Waals surface area contributed by atoms with Gasteiger partial charge in [0.1, 0.15) is 13.1 Å². The standard InChI is InChI=1S/C16H33NO5/c1-3-4-5-6-7-8-13-22-14-17(9-11-18,10-12-19)15(2)16(20)21/h15,18-19H,3-14H2,1-2H3/p+1. The third-order valence-corrected chi connectivity index (χ3v) is 4.26. The number of quaternary nitrogens is 1. The number of carboxylic acid groups (broad SMARTS) is 1. The molecule has 132 valence electrons. The Morgan fingerprint density at radius 1 is 1.05 bits per heavy atom. The van der Waals surface area contributed by atoms with Gasteiger partial charge in [-0.2, -0.15) is 0 Å². The predicted molar refractivity (Wildman–Crippen MR) is 85.5 cm³/mol. The van der Waals surface area contributed by atoms with Gasteiger partial charge >= 0.3 is 5.97 Å². The maximum absolute atomic E-state index is 11.3. The molecule has 0 aliphatic rings. The number of hydrogen-bond donors (Lipinski definition) is 3. The number of nitrogens with zero attached hydrogens (tertiary/aromatic N) is 1. The van der Waals surface area contributed by atoms with Crippen LogP contribution in [0, 0.1) is 0 Å². The smallest absolute Gasteiger partial charge is 0.362 e. The lowest BCUT2D eigenvalue weighted by atomic mass is 10.1. The summed E-state index contributed by atoms with van der Waals surface area (Å²) in [6.07, 6.45) is 7.03. The van der Waals surface area contributed by atoms with Crippen LogP contribution in [-0.2, 0) is 9.53 Å². The van der Waals surface area contributed by atoms with Gasteiger partial charge in [0.05, 0.1) is 19.8 Å². The van der Waals surface area contributed by atoms with E-state index in [-0.39, 0.29) is 37.5 Å². The first-order valence-electron chi connectivity index (χ1n) is 8.42. The van der Waals surface area contributed by atoms with E-state index in [0.29, 0.717) is 6.61 Å². The number of aliphatic hydroxyl groups excluding tert-OH is 2. The van der Waals surface area contributed by atoms with Gasteiger partial charge < -0.3 is 20.1 Å². The second-order valence-electron chi connectivity index (χ2n) is 5.93. The zero-order chi connectivity index (χ0) is 16.8. The lowest BCUT2D eigenvalue weighted by molar-refractivity contribution is -0.959. The molecule has 0 bridgehead atoms. The van der Waals surface area contributed by atoms with Crippen molar-refractivity contribution < 1.29 is 29.3 Å². The molecule has 1 unspecified atom stereocenters. The van der Waals surface area contributed by atoms with Crippen molar-refractivity contribution in [1.82, 2.24) is 0 Å². The van der Waals surface area contributed by atoms with E-state index >= 15 is 0 Å². The van der Waals surface area contributed by atoms with E-state index < -0.39 is 12.0 Å². The zero-order valence-corrected chi connectivity index (χ0v) is 14.2. The van der Waals surface area contributed by atoms with Gasteiger partial charge in [-0.1, -0.05) is 39.0 Å². The Bertz CT molecular complexity index is 280. The van der Waals surface area contributed by atoms with Crippen molar-refractivity contribution in [3.63, 3.8) is 0 Å². The summed E-state index contributed by atoms with van der Waals surface area (Å²) in [6.45, 7) is 4.87. The molecule has 0 saturated heterocycles.